The Hall–Kier alpha value is -1.74. The summed E-state index contributed by atoms with van der Waals surface area (Å²) in [6.45, 7) is 0.995. The third-order valence-electron chi connectivity index (χ3n) is 5.81. The molecule has 1 atom stereocenters. The van der Waals surface area contributed by atoms with Crippen LogP contribution in [0.2, 0.25) is 0 Å². The second-order valence-corrected chi connectivity index (χ2v) is 9.34. The van der Waals surface area contributed by atoms with Crippen LogP contribution in [0.5, 0.6) is 0 Å². The van der Waals surface area contributed by atoms with Crippen molar-refractivity contribution in [2.75, 3.05) is 13.1 Å². The zero-order valence-corrected chi connectivity index (χ0v) is 15.5. The van der Waals surface area contributed by atoms with Gasteiger partial charge in [-0.05, 0) is 18.3 Å². The molecule has 2 aromatic heterocycles. The van der Waals surface area contributed by atoms with Crippen LogP contribution in [0.1, 0.15) is 43.8 Å². The molecule has 8 nitrogen and oxygen atoms in total. The van der Waals surface area contributed by atoms with Crippen molar-refractivity contribution in [3.63, 3.8) is 0 Å². The van der Waals surface area contributed by atoms with Gasteiger partial charge in [-0.2, -0.15) is 4.31 Å². The normalized spacial score (nSPS) is 24.2. The molecule has 1 saturated carbocycles. The molecule has 136 valence electrons. The average molecular weight is 364 g/mol. The number of sulfonamides is 1. The first-order valence-corrected chi connectivity index (χ1v) is 10.2. The van der Waals surface area contributed by atoms with Crippen LogP contribution >= 0.6 is 0 Å². The highest BCUT2D eigenvalue weighted by Crippen LogP contribution is 2.52. The summed E-state index contributed by atoms with van der Waals surface area (Å²) in [5, 5.41) is 8.46. The number of aryl methyl sites for hydroxylation is 2. The van der Waals surface area contributed by atoms with E-state index in [1.165, 1.54) is 12.7 Å². The Bertz CT molecular complexity index is 865. The first kappa shape index (κ1) is 16.7. The van der Waals surface area contributed by atoms with Gasteiger partial charge in [-0.1, -0.05) is 19.3 Å². The number of rotatable bonds is 3. The Morgan fingerprint density at radius 2 is 1.92 bits per heavy atom. The summed E-state index contributed by atoms with van der Waals surface area (Å²) >= 11 is 0. The van der Waals surface area contributed by atoms with E-state index in [4.69, 9.17) is 0 Å². The summed E-state index contributed by atoms with van der Waals surface area (Å²) in [4.78, 5) is 4.07. The van der Waals surface area contributed by atoms with Crippen molar-refractivity contribution < 1.29 is 8.42 Å². The Morgan fingerprint density at radius 3 is 2.52 bits per heavy atom. The number of hydrogen-bond donors (Lipinski definition) is 0. The Balaban J connectivity index is 1.72. The zero-order valence-electron chi connectivity index (χ0n) is 14.7. The molecule has 0 N–H and O–H groups in total. The van der Waals surface area contributed by atoms with Gasteiger partial charge in [0.25, 0.3) is 10.0 Å². The van der Waals surface area contributed by atoms with Gasteiger partial charge >= 0.3 is 0 Å². The molecule has 9 heteroatoms. The molecule has 1 aliphatic heterocycles. The van der Waals surface area contributed by atoms with E-state index >= 15 is 0 Å². The van der Waals surface area contributed by atoms with Crippen LogP contribution in [-0.4, -0.2) is 50.1 Å². The molecule has 25 heavy (non-hydrogen) atoms. The van der Waals surface area contributed by atoms with Gasteiger partial charge in [-0.25, -0.2) is 13.4 Å². The van der Waals surface area contributed by atoms with Crippen molar-refractivity contribution in [1.82, 2.24) is 28.6 Å². The predicted molar refractivity (Wildman–Crippen MR) is 91.2 cm³/mol. The summed E-state index contributed by atoms with van der Waals surface area (Å²) < 4.78 is 31.4. The Morgan fingerprint density at radius 1 is 1.16 bits per heavy atom. The van der Waals surface area contributed by atoms with Gasteiger partial charge < -0.3 is 9.13 Å². The fraction of sp³-hybridized carbons (Fsp3) is 0.688. The van der Waals surface area contributed by atoms with Crippen molar-refractivity contribution in [1.29, 1.82) is 0 Å². The lowest BCUT2D eigenvalue weighted by molar-refractivity contribution is 0.177. The molecule has 0 radical (unpaired) electrons. The lowest BCUT2D eigenvalue weighted by Crippen LogP contribution is -2.34. The van der Waals surface area contributed by atoms with Gasteiger partial charge in [0.1, 0.15) is 12.2 Å². The van der Waals surface area contributed by atoms with E-state index in [0.717, 1.165) is 31.5 Å². The minimum Gasteiger partial charge on any atom is -0.339 e. The molecule has 3 heterocycles. The van der Waals surface area contributed by atoms with E-state index < -0.39 is 10.0 Å². The topological polar surface area (TPSA) is 85.9 Å². The first-order chi connectivity index (χ1) is 11.9. The van der Waals surface area contributed by atoms with Crippen molar-refractivity contribution in [3.05, 3.63) is 24.7 Å². The number of aromatic nitrogens is 5. The van der Waals surface area contributed by atoms with Crippen LogP contribution in [0.3, 0.4) is 0 Å². The van der Waals surface area contributed by atoms with Gasteiger partial charge in [-0.3, -0.25) is 0 Å². The van der Waals surface area contributed by atoms with Crippen molar-refractivity contribution >= 4 is 10.0 Å². The molecule has 0 amide bonds. The molecule has 2 fully saturated rings. The zero-order chi connectivity index (χ0) is 17.7. The maximum absolute atomic E-state index is 13.1. The van der Waals surface area contributed by atoms with E-state index in [1.54, 1.807) is 28.4 Å². The fourth-order valence-electron chi connectivity index (χ4n) is 4.49. The molecular weight excluding hydrogens is 340 g/mol. The van der Waals surface area contributed by atoms with Crippen LogP contribution in [0, 0.1) is 5.41 Å². The lowest BCUT2D eigenvalue weighted by Gasteiger charge is -2.37. The van der Waals surface area contributed by atoms with Crippen LogP contribution in [-0.2, 0) is 24.1 Å². The molecule has 0 aromatic carbocycles. The highest BCUT2D eigenvalue weighted by molar-refractivity contribution is 7.89. The number of nitrogens with zero attached hydrogens (tertiary/aromatic N) is 6. The SMILES string of the molecule is Cn1cnc(S(=O)(=O)N2CC(c3nncn3C)C3(CCCCC3)C2)c1. The van der Waals surface area contributed by atoms with E-state index in [-0.39, 0.29) is 16.4 Å². The highest BCUT2D eigenvalue weighted by atomic mass is 32.2. The monoisotopic (exact) mass is 364 g/mol. The summed E-state index contributed by atoms with van der Waals surface area (Å²) in [5.74, 6) is 0.972. The minimum absolute atomic E-state index is 0.0408. The molecule has 1 spiro atoms. The summed E-state index contributed by atoms with van der Waals surface area (Å²) in [5.41, 5.74) is -0.0408. The molecule has 2 aromatic rings. The van der Waals surface area contributed by atoms with Crippen LogP contribution < -0.4 is 0 Å². The highest BCUT2D eigenvalue weighted by Gasteiger charge is 2.52. The van der Waals surface area contributed by atoms with Gasteiger partial charge in [0.15, 0.2) is 5.03 Å². The maximum Gasteiger partial charge on any atom is 0.262 e. The average Bonchev–Trinajstić information content (AvgIpc) is 3.28. The van der Waals surface area contributed by atoms with Crippen LogP contribution in [0.25, 0.3) is 0 Å². The Kier molecular flexibility index (Phi) is 3.95. The molecule has 4 rings (SSSR count). The second-order valence-electron chi connectivity index (χ2n) is 7.45. The quantitative estimate of drug-likeness (QED) is 0.819. The number of hydrogen-bond acceptors (Lipinski definition) is 5. The Labute approximate surface area is 147 Å². The molecule has 2 aliphatic rings. The molecule has 0 bridgehead atoms. The summed E-state index contributed by atoms with van der Waals surface area (Å²) in [7, 11) is 0.125. The predicted octanol–water partition coefficient (Wildman–Crippen LogP) is 1.29. The molecule has 1 aliphatic carbocycles. The van der Waals surface area contributed by atoms with E-state index in [9.17, 15) is 8.42 Å². The van der Waals surface area contributed by atoms with E-state index in [1.807, 2.05) is 11.6 Å². The van der Waals surface area contributed by atoms with Crippen LogP contribution in [0.4, 0.5) is 0 Å². The number of imidazole rings is 1. The van der Waals surface area contributed by atoms with Crippen molar-refractivity contribution in [2.24, 2.45) is 19.5 Å². The third-order valence-corrected chi connectivity index (χ3v) is 7.51. The third kappa shape index (κ3) is 2.69. The van der Waals surface area contributed by atoms with Gasteiger partial charge in [0.2, 0.25) is 0 Å². The first-order valence-electron chi connectivity index (χ1n) is 8.74. The van der Waals surface area contributed by atoms with E-state index in [2.05, 4.69) is 15.2 Å². The molecular formula is C16H24N6O2S. The molecule has 1 unspecified atom stereocenters. The van der Waals surface area contributed by atoms with Gasteiger partial charge in [0.05, 0.1) is 6.33 Å². The largest absolute Gasteiger partial charge is 0.339 e. The smallest absolute Gasteiger partial charge is 0.262 e. The van der Waals surface area contributed by atoms with Gasteiger partial charge in [-0.15, -0.1) is 10.2 Å². The minimum atomic E-state index is -3.59. The lowest BCUT2D eigenvalue weighted by atomic mass is 9.67. The van der Waals surface area contributed by atoms with E-state index in [0.29, 0.717) is 13.1 Å². The maximum atomic E-state index is 13.1. The van der Waals surface area contributed by atoms with Crippen LogP contribution in [0.15, 0.2) is 23.9 Å². The fourth-order valence-corrected chi connectivity index (χ4v) is 6.00. The molecule has 1 saturated heterocycles. The summed E-state index contributed by atoms with van der Waals surface area (Å²) in [6.07, 6.45) is 10.4. The second kappa shape index (κ2) is 5.91. The van der Waals surface area contributed by atoms with Crippen molar-refractivity contribution in [3.8, 4) is 0 Å². The summed E-state index contributed by atoms with van der Waals surface area (Å²) in [6, 6.07) is 0. The standard InChI is InChI=1S/C16H24N6O2S/c1-20-9-14(17-11-20)25(23,24)22-8-13(15-19-18-12-21(15)2)16(10-22)6-4-3-5-7-16/h9,11-13H,3-8,10H2,1-2H3. The van der Waals surface area contributed by atoms with Gasteiger partial charge in [0, 0.05) is 39.3 Å². The van der Waals surface area contributed by atoms with Crippen molar-refractivity contribution in [2.45, 2.75) is 43.0 Å².